The molecular weight excluding hydrogens is 300 g/mol. The van der Waals surface area contributed by atoms with Crippen LogP contribution >= 0.6 is 0 Å². The van der Waals surface area contributed by atoms with Crippen LogP contribution in [0.5, 0.6) is 0 Å². The summed E-state index contributed by atoms with van der Waals surface area (Å²) in [6, 6.07) is 31.0. The third-order valence-corrected chi connectivity index (χ3v) is 5.68. The highest BCUT2D eigenvalue weighted by Gasteiger charge is 2.35. The SMILES string of the molecule is CC1(C)c2ccccc2-c2cc(-c3cccc4ccccc34)ccc21. The van der Waals surface area contributed by atoms with Crippen LogP contribution in [0.25, 0.3) is 33.0 Å². The standard InChI is InChI=1S/C25H20/c1-25(2)23-13-6-5-11-21(23)22-16-18(14-15-24(22)25)20-12-7-9-17-8-3-4-10-19(17)20/h3-16H,1-2H3. The number of fused-ring (bicyclic) bond motifs is 4. The van der Waals surface area contributed by atoms with Gasteiger partial charge in [0.05, 0.1) is 0 Å². The number of hydrogen-bond acceptors (Lipinski definition) is 0. The van der Waals surface area contributed by atoms with Gasteiger partial charge in [-0.05, 0) is 50.2 Å². The van der Waals surface area contributed by atoms with Crippen LogP contribution in [-0.2, 0) is 5.41 Å². The summed E-state index contributed by atoms with van der Waals surface area (Å²) in [4.78, 5) is 0. The third kappa shape index (κ3) is 2.01. The molecule has 25 heavy (non-hydrogen) atoms. The molecule has 120 valence electrons. The fourth-order valence-corrected chi connectivity index (χ4v) is 4.36. The van der Waals surface area contributed by atoms with E-state index in [9.17, 15) is 0 Å². The van der Waals surface area contributed by atoms with Crippen LogP contribution in [0, 0.1) is 0 Å². The largest absolute Gasteiger partial charge is 0.0619 e. The van der Waals surface area contributed by atoms with E-state index in [0.717, 1.165) is 0 Å². The van der Waals surface area contributed by atoms with Crippen molar-refractivity contribution in [3.05, 3.63) is 96.1 Å². The summed E-state index contributed by atoms with van der Waals surface area (Å²) >= 11 is 0. The van der Waals surface area contributed by atoms with Crippen LogP contribution in [0.4, 0.5) is 0 Å². The molecule has 0 aliphatic heterocycles. The average Bonchev–Trinajstić information content (AvgIpc) is 2.89. The van der Waals surface area contributed by atoms with Crippen molar-refractivity contribution in [3.8, 4) is 22.3 Å². The van der Waals surface area contributed by atoms with Gasteiger partial charge in [0.1, 0.15) is 0 Å². The first kappa shape index (κ1) is 14.5. The predicted octanol–water partition coefficient (Wildman–Crippen LogP) is 6.81. The van der Waals surface area contributed by atoms with Crippen LogP contribution < -0.4 is 0 Å². The van der Waals surface area contributed by atoms with E-state index in [-0.39, 0.29) is 5.41 Å². The van der Waals surface area contributed by atoms with Gasteiger partial charge in [0.15, 0.2) is 0 Å². The van der Waals surface area contributed by atoms with Crippen molar-refractivity contribution in [2.75, 3.05) is 0 Å². The van der Waals surface area contributed by atoms with Gasteiger partial charge in [0.2, 0.25) is 0 Å². The minimum Gasteiger partial charge on any atom is -0.0619 e. The van der Waals surface area contributed by atoms with Gasteiger partial charge in [-0.15, -0.1) is 0 Å². The summed E-state index contributed by atoms with van der Waals surface area (Å²) in [5.74, 6) is 0. The molecule has 0 nitrogen and oxygen atoms in total. The van der Waals surface area contributed by atoms with Crippen molar-refractivity contribution in [2.45, 2.75) is 19.3 Å². The lowest BCUT2D eigenvalue weighted by molar-refractivity contribution is 0.660. The number of benzene rings is 4. The van der Waals surface area contributed by atoms with Crippen LogP contribution in [0.1, 0.15) is 25.0 Å². The van der Waals surface area contributed by atoms with Gasteiger partial charge in [-0.1, -0.05) is 92.7 Å². The topological polar surface area (TPSA) is 0 Å². The molecule has 0 unspecified atom stereocenters. The Balaban J connectivity index is 1.78. The van der Waals surface area contributed by atoms with Crippen LogP contribution in [0.2, 0.25) is 0 Å². The average molecular weight is 320 g/mol. The van der Waals surface area contributed by atoms with E-state index < -0.39 is 0 Å². The van der Waals surface area contributed by atoms with Gasteiger partial charge in [0, 0.05) is 5.41 Å². The zero-order valence-electron chi connectivity index (χ0n) is 14.6. The molecule has 5 rings (SSSR count). The van der Waals surface area contributed by atoms with Crippen LogP contribution in [-0.4, -0.2) is 0 Å². The molecule has 1 aliphatic rings. The quantitative estimate of drug-likeness (QED) is 0.361. The van der Waals surface area contributed by atoms with Crippen LogP contribution in [0.3, 0.4) is 0 Å². The number of hydrogen-bond donors (Lipinski definition) is 0. The van der Waals surface area contributed by atoms with Crippen molar-refractivity contribution in [1.29, 1.82) is 0 Å². The molecule has 0 radical (unpaired) electrons. The predicted molar refractivity (Wildman–Crippen MR) is 107 cm³/mol. The van der Waals surface area contributed by atoms with Gasteiger partial charge in [-0.2, -0.15) is 0 Å². The monoisotopic (exact) mass is 320 g/mol. The van der Waals surface area contributed by atoms with E-state index in [1.807, 2.05) is 0 Å². The van der Waals surface area contributed by atoms with E-state index in [2.05, 4.69) is 98.8 Å². The third-order valence-electron chi connectivity index (χ3n) is 5.68. The van der Waals surface area contributed by atoms with E-state index in [1.54, 1.807) is 0 Å². The summed E-state index contributed by atoms with van der Waals surface area (Å²) in [7, 11) is 0. The fourth-order valence-electron chi connectivity index (χ4n) is 4.36. The van der Waals surface area contributed by atoms with Gasteiger partial charge < -0.3 is 0 Å². The number of rotatable bonds is 1. The summed E-state index contributed by atoms with van der Waals surface area (Å²) in [5.41, 5.74) is 8.29. The van der Waals surface area contributed by atoms with Crippen molar-refractivity contribution in [2.24, 2.45) is 0 Å². The van der Waals surface area contributed by atoms with Gasteiger partial charge in [0.25, 0.3) is 0 Å². The van der Waals surface area contributed by atoms with Gasteiger partial charge in [-0.25, -0.2) is 0 Å². The molecule has 0 bridgehead atoms. The molecule has 0 amide bonds. The molecule has 0 N–H and O–H groups in total. The fraction of sp³-hybridized carbons (Fsp3) is 0.120. The van der Waals surface area contributed by atoms with Crippen LogP contribution in [0.15, 0.2) is 84.9 Å². The Hall–Kier alpha value is -2.86. The van der Waals surface area contributed by atoms with E-state index in [1.165, 1.54) is 44.2 Å². The normalized spacial score (nSPS) is 14.3. The summed E-state index contributed by atoms with van der Waals surface area (Å²) in [6.45, 7) is 4.66. The molecule has 0 saturated carbocycles. The second-order valence-corrected chi connectivity index (χ2v) is 7.46. The smallest absolute Gasteiger partial charge is 0.0158 e. The highest BCUT2D eigenvalue weighted by atomic mass is 14.4. The molecule has 4 aromatic rings. The first-order valence-corrected chi connectivity index (χ1v) is 8.89. The molecule has 0 atom stereocenters. The molecule has 0 saturated heterocycles. The lowest BCUT2D eigenvalue weighted by Crippen LogP contribution is -2.14. The Morgan fingerprint density at radius 2 is 1.24 bits per heavy atom. The second-order valence-electron chi connectivity index (χ2n) is 7.46. The maximum atomic E-state index is 2.38. The van der Waals surface area contributed by atoms with Gasteiger partial charge >= 0.3 is 0 Å². The van der Waals surface area contributed by atoms with E-state index >= 15 is 0 Å². The Morgan fingerprint density at radius 1 is 0.560 bits per heavy atom. The lowest BCUT2D eigenvalue weighted by Gasteiger charge is -2.21. The highest BCUT2D eigenvalue weighted by molar-refractivity contribution is 5.98. The second kappa shape index (κ2) is 5.07. The molecular formula is C25H20. The zero-order chi connectivity index (χ0) is 17.0. The molecule has 4 aromatic carbocycles. The Kier molecular flexibility index (Phi) is 2.93. The van der Waals surface area contributed by atoms with Crippen molar-refractivity contribution >= 4 is 10.8 Å². The maximum absolute atomic E-state index is 2.38. The summed E-state index contributed by atoms with van der Waals surface area (Å²) in [6.07, 6.45) is 0. The minimum absolute atomic E-state index is 0.0726. The minimum atomic E-state index is 0.0726. The Morgan fingerprint density at radius 3 is 2.16 bits per heavy atom. The molecule has 0 fully saturated rings. The maximum Gasteiger partial charge on any atom is 0.0158 e. The van der Waals surface area contributed by atoms with Crippen molar-refractivity contribution in [3.63, 3.8) is 0 Å². The summed E-state index contributed by atoms with van der Waals surface area (Å²) < 4.78 is 0. The van der Waals surface area contributed by atoms with E-state index in [4.69, 9.17) is 0 Å². The molecule has 0 aromatic heterocycles. The zero-order valence-corrected chi connectivity index (χ0v) is 14.6. The first-order chi connectivity index (χ1) is 12.2. The lowest BCUT2D eigenvalue weighted by atomic mass is 9.82. The Labute approximate surface area is 148 Å². The Bertz CT molecular complexity index is 1110. The van der Waals surface area contributed by atoms with Gasteiger partial charge in [-0.3, -0.25) is 0 Å². The van der Waals surface area contributed by atoms with E-state index in [0.29, 0.717) is 0 Å². The molecule has 1 aliphatic carbocycles. The summed E-state index contributed by atoms with van der Waals surface area (Å²) in [5, 5.41) is 2.61. The highest BCUT2D eigenvalue weighted by Crippen LogP contribution is 2.49. The first-order valence-electron chi connectivity index (χ1n) is 8.89. The molecule has 0 spiro atoms. The van der Waals surface area contributed by atoms with Crippen molar-refractivity contribution < 1.29 is 0 Å². The molecule has 0 heterocycles. The van der Waals surface area contributed by atoms with Crippen molar-refractivity contribution in [1.82, 2.24) is 0 Å². The molecule has 0 heteroatoms.